The molecule has 1 N–H and O–H groups in total. The van der Waals surface area contributed by atoms with Gasteiger partial charge in [0.1, 0.15) is 17.8 Å². The van der Waals surface area contributed by atoms with Gasteiger partial charge in [-0.25, -0.2) is 18.4 Å². The summed E-state index contributed by atoms with van der Waals surface area (Å²) in [6, 6.07) is 2.11. The molecule has 0 amide bonds. The van der Waals surface area contributed by atoms with Gasteiger partial charge in [-0.2, -0.15) is 4.31 Å². The number of nitrogens with zero attached hydrogens (tertiary/aromatic N) is 4. The summed E-state index contributed by atoms with van der Waals surface area (Å²) in [4.78, 5) is 14.0. The molecule has 0 saturated carbocycles. The molecule has 2 aliphatic rings. The molecule has 0 radical (unpaired) electrons. The van der Waals surface area contributed by atoms with E-state index in [4.69, 9.17) is 0 Å². The van der Waals surface area contributed by atoms with E-state index >= 15 is 0 Å². The molecule has 2 bridgehead atoms. The van der Waals surface area contributed by atoms with Gasteiger partial charge in [-0.15, -0.1) is 0 Å². The zero-order chi connectivity index (χ0) is 16.0. The molecule has 7 nitrogen and oxygen atoms in total. The molecule has 0 aromatic carbocycles. The summed E-state index contributed by atoms with van der Waals surface area (Å²) < 4.78 is 26.9. The van der Waals surface area contributed by atoms with Crippen LogP contribution in [-0.4, -0.2) is 58.6 Å². The number of aromatic nitrogens is 3. The molecule has 124 valence electrons. The minimum absolute atomic E-state index is 0.0641. The fraction of sp³-hybridized carbons (Fsp3) is 0.600. The van der Waals surface area contributed by atoms with Gasteiger partial charge in [-0.1, -0.05) is 6.92 Å². The van der Waals surface area contributed by atoms with E-state index in [0.29, 0.717) is 19.5 Å². The van der Waals surface area contributed by atoms with Crippen molar-refractivity contribution in [3.63, 3.8) is 0 Å². The number of anilines is 1. The Morgan fingerprint density at radius 1 is 1.26 bits per heavy atom. The first kappa shape index (κ1) is 14.9. The highest BCUT2D eigenvalue weighted by Gasteiger charge is 2.46. The number of aromatic amines is 1. The van der Waals surface area contributed by atoms with Crippen LogP contribution in [0.2, 0.25) is 0 Å². The Labute approximate surface area is 135 Å². The molecule has 2 saturated heterocycles. The quantitative estimate of drug-likeness (QED) is 0.912. The molecular weight excluding hydrogens is 314 g/mol. The highest BCUT2D eigenvalue weighted by Crippen LogP contribution is 2.36. The van der Waals surface area contributed by atoms with Crippen molar-refractivity contribution in [2.75, 3.05) is 23.7 Å². The van der Waals surface area contributed by atoms with E-state index in [-0.39, 0.29) is 17.8 Å². The third-order valence-electron chi connectivity index (χ3n) is 4.83. The van der Waals surface area contributed by atoms with E-state index in [0.717, 1.165) is 29.7 Å². The van der Waals surface area contributed by atoms with Gasteiger partial charge < -0.3 is 9.88 Å². The van der Waals surface area contributed by atoms with E-state index < -0.39 is 10.0 Å². The molecular formula is C15H21N5O2S. The Balaban J connectivity index is 1.64. The molecule has 23 heavy (non-hydrogen) atoms. The van der Waals surface area contributed by atoms with Crippen molar-refractivity contribution in [3.8, 4) is 0 Å². The fourth-order valence-corrected chi connectivity index (χ4v) is 5.94. The number of hydrogen-bond acceptors (Lipinski definition) is 5. The summed E-state index contributed by atoms with van der Waals surface area (Å²) in [6.45, 7) is 3.33. The van der Waals surface area contributed by atoms with Crippen LogP contribution in [0.25, 0.3) is 11.0 Å². The summed E-state index contributed by atoms with van der Waals surface area (Å²) in [5, 5.41) is 0.997. The number of nitrogens with one attached hydrogen (secondary N) is 1. The van der Waals surface area contributed by atoms with Gasteiger partial charge in [0.15, 0.2) is 0 Å². The molecule has 0 spiro atoms. The Bertz CT molecular complexity index is 804. The van der Waals surface area contributed by atoms with Crippen LogP contribution in [0.15, 0.2) is 18.6 Å². The number of fused-ring (bicyclic) bond motifs is 3. The van der Waals surface area contributed by atoms with Crippen LogP contribution in [0, 0.1) is 0 Å². The molecule has 8 heteroatoms. The van der Waals surface area contributed by atoms with Crippen molar-refractivity contribution in [2.45, 2.75) is 38.3 Å². The first-order chi connectivity index (χ1) is 11.1. The topological polar surface area (TPSA) is 82.2 Å². The lowest BCUT2D eigenvalue weighted by Crippen LogP contribution is -2.56. The minimum atomic E-state index is -3.14. The number of hydrogen-bond donors (Lipinski definition) is 1. The molecule has 2 aliphatic heterocycles. The molecule has 2 fully saturated rings. The van der Waals surface area contributed by atoms with Gasteiger partial charge >= 0.3 is 0 Å². The predicted molar refractivity (Wildman–Crippen MR) is 88.8 cm³/mol. The standard InChI is InChI=1S/C15H21N5O2S/c1-2-7-23(21,22)20-11-3-4-12(20)9-19(8-11)15-13-5-6-16-14(13)17-10-18-15/h5-6,10-12H,2-4,7-9H2,1H3,(H,16,17,18)/t11-,12?/m0/s1. The first-order valence-electron chi connectivity index (χ1n) is 8.14. The van der Waals surface area contributed by atoms with Gasteiger partial charge in [0.2, 0.25) is 10.0 Å². The minimum Gasteiger partial charge on any atom is -0.353 e. The molecule has 4 rings (SSSR count). The fourth-order valence-electron chi connectivity index (χ4n) is 3.97. The maximum absolute atomic E-state index is 12.5. The molecule has 0 aliphatic carbocycles. The molecule has 4 heterocycles. The van der Waals surface area contributed by atoms with Crippen LogP contribution in [0.1, 0.15) is 26.2 Å². The third kappa shape index (κ3) is 2.40. The highest BCUT2D eigenvalue weighted by molar-refractivity contribution is 7.89. The Morgan fingerprint density at radius 2 is 2.00 bits per heavy atom. The number of H-pyrrole nitrogens is 1. The first-order valence-corrected chi connectivity index (χ1v) is 9.75. The van der Waals surface area contributed by atoms with Gasteiger partial charge in [0.25, 0.3) is 0 Å². The molecule has 2 aromatic rings. The third-order valence-corrected chi connectivity index (χ3v) is 6.99. The van der Waals surface area contributed by atoms with Crippen molar-refractivity contribution < 1.29 is 8.42 Å². The zero-order valence-electron chi connectivity index (χ0n) is 13.1. The maximum Gasteiger partial charge on any atom is 0.214 e. The second-order valence-corrected chi connectivity index (χ2v) is 8.37. The molecule has 2 aromatic heterocycles. The van der Waals surface area contributed by atoms with Crippen molar-refractivity contribution in [1.29, 1.82) is 0 Å². The summed E-state index contributed by atoms with van der Waals surface area (Å²) in [5.74, 6) is 1.15. The van der Waals surface area contributed by atoms with E-state index in [9.17, 15) is 8.42 Å². The van der Waals surface area contributed by atoms with Crippen LogP contribution in [0.3, 0.4) is 0 Å². The van der Waals surface area contributed by atoms with Crippen LogP contribution in [0.5, 0.6) is 0 Å². The SMILES string of the molecule is CCCS(=O)(=O)N1C2CC[C@H]1CN(c1ncnc3[nH]ccc13)C2. The van der Waals surface area contributed by atoms with Crippen LogP contribution < -0.4 is 4.90 Å². The Kier molecular flexibility index (Phi) is 3.53. The zero-order valence-corrected chi connectivity index (χ0v) is 14.0. The number of sulfonamides is 1. The smallest absolute Gasteiger partial charge is 0.214 e. The predicted octanol–water partition coefficient (Wildman–Crippen LogP) is 1.35. The van der Waals surface area contributed by atoms with Crippen LogP contribution >= 0.6 is 0 Å². The van der Waals surface area contributed by atoms with E-state index in [1.165, 1.54) is 0 Å². The maximum atomic E-state index is 12.5. The second-order valence-electron chi connectivity index (χ2n) is 6.37. The summed E-state index contributed by atoms with van der Waals surface area (Å²) in [6.07, 6.45) is 5.96. The van der Waals surface area contributed by atoms with Crippen molar-refractivity contribution in [1.82, 2.24) is 19.3 Å². The highest BCUT2D eigenvalue weighted by atomic mass is 32.2. The average Bonchev–Trinajstić information content (AvgIpc) is 3.10. The summed E-state index contributed by atoms with van der Waals surface area (Å²) in [7, 11) is -3.14. The van der Waals surface area contributed by atoms with Gasteiger partial charge in [0, 0.05) is 31.4 Å². The lowest BCUT2D eigenvalue weighted by molar-refractivity contribution is 0.286. The van der Waals surface area contributed by atoms with Gasteiger partial charge in [-0.3, -0.25) is 0 Å². The lowest BCUT2D eigenvalue weighted by Gasteiger charge is -2.40. The van der Waals surface area contributed by atoms with Gasteiger partial charge in [-0.05, 0) is 25.3 Å². The number of piperazine rings is 1. The average molecular weight is 335 g/mol. The lowest BCUT2D eigenvalue weighted by atomic mass is 10.2. The van der Waals surface area contributed by atoms with Gasteiger partial charge in [0.05, 0.1) is 11.1 Å². The monoisotopic (exact) mass is 335 g/mol. The van der Waals surface area contributed by atoms with Crippen LogP contribution in [0.4, 0.5) is 5.82 Å². The normalized spacial score (nSPS) is 25.3. The van der Waals surface area contributed by atoms with E-state index in [1.807, 2.05) is 19.2 Å². The van der Waals surface area contributed by atoms with E-state index in [1.54, 1.807) is 10.6 Å². The van der Waals surface area contributed by atoms with E-state index in [2.05, 4.69) is 19.9 Å². The van der Waals surface area contributed by atoms with Crippen molar-refractivity contribution in [2.24, 2.45) is 0 Å². The Morgan fingerprint density at radius 3 is 2.70 bits per heavy atom. The van der Waals surface area contributed by atoms with Crippen LogP contribution in [-0.2, 0) is 10.0 Å². The van der Waals surface area contributed by atoms with Crippen molar-refractivity contribution >= 4 is 26.9 Å². The Hall–Kier alpha value is -1.67. The molecule has 1 unspecified atom stereocenters. The summed E-state index contributed by atoms with van der Waals surface area (Å²) in [5.41, 5.74) is 0.823. The largest absolute Gasteiger partial charge is 0.353 e. The second kappa shape index (κ2) is 5.45. The molecule has 2 atom stereocenters. The number of rotatable bonds is 4. The van der Waals surface area contributed by atoms with Crippen molar-refractivity contribution in [3.05, 3.63) is 18.6 Å². The summed E-state index contributed by atoms with van der Waals surface area (Å²) >= 11 is 0.